The summed E-state index contributed by atoms with van der Waals surface area (Å²) >= 11 is 5.85. The van der Waals surface area contributed by atoms with Gasteiger partial charge < -0.3 is 10.2 Å². The lowest BCUT2D eigenvalue weighted by atomic mass is 10.2. The highest BCUT2D eigenvalue weighted by atomic mass is 35.5. The Morgan fingerprint density at radius 3 is 2.32 bits per heavy atom. The van der Waals surface area contributed by atoms with E-state index in [1.54, 1.807) is 12.1 Å². The van der Waals surface area contributed by atoms with Crippen molar-refractivity contribution < 1.29 is 4.79 Å². The molecule has 0 unspecified atom stereocenters. The third-order valence-corrected chi connectivity index (χ3v) is 4.75. The van der Waals surface area contributed by atoms with Gasteiger partial charge in [0.1, 0.15) is 0 Å². The Kier molecular flexibility index (Phi) is 6.31. The highest BCUT2D eigenvalue weighted by molar-refractivity contribution is 6.30. The molecule has 0 aromatic heterocycles. The van der Waals surface area contributed by atoms with E-state index in [4.69, 9.17) is 11.6 Å². The van der Waals surface area contributed by atoms with E-state index in [0.717, 1.165) is 44.8 Å². The van der Waals surface area contributed by atoms with Gasteiger partial charge in [-0.2, -0.15) is 0 Å². The van der Waals surface area contributed by atoms with Crippen molar-refractivity contribution in [2.24, 2.45) is 0 Å². The molecule has 1 aliphatic rings. The van der Waals surface area contributed by atoms with Crippen molar-refractivity contribution in [3.63, 3.8) is 0 Å². The fourth-order valence-electron chi connectivity index (χ4n) is 3.09. The number of amides is 1. The second-order valence-electron chi connectivity index (χ2n) is 6.32. The fourth-order valence-corrected chi connectivity index (χ4v) is 3.21. The molecule has 0 radical (unpaired) electrons. The van der Waals surface area contributed by atoms with Gasteiger partial charge in [-0.3, -0.25) is 9.69 Å². The molecule has 1 saturated heterocycles. The second kappa shape index (κ2) is 8.88. The van der Waals surface area contributed by atoms with Crippen LogP contribution in [0.4, 0.5) is 11.4 Å². The summed E-state index contributed by atoms with van der Waals surface area (Å²) in [7, 11) is 0. The number of carbonyl (C=O) groups excluding carboxylic acids is 1. The first-order chi connectivity index (χ1) is 12.2. The van der Waals surface area contributed by atoms with Crippen LogP contribution in [0.2, 0.25) is 5.02 Å². The Balaban J connectivity index is 1.34. The molecule has 0 aliphatic carbocycles. The second-order valence-corrected chi connectivity index (χ2v) is 6.76. The van der Waals surface area contributed by atoms with Crippen molar-refractivity contribution >= 4 is 28.9 Å². The first-order valence-corrected chi connectivity index (χ1v) is 9.16. The maximum atomic E-state index is 12.0. The predicted molar refractivity (Wildman–Crippen MR) is 104 cm³/mol. The lowest BCUT2D eigenvalue weighted by Crippen LogP contribution is -2.46. The number of para-hydroxylation sites is 1. The topological polar surface area (TPSA) is 35.6 Å². The zero-order valence-electron chi connectivity index (χ0n) is 14.3. The Labute approximate surface area is 154 Å². The van der Waals surface area contributed by atoms with Gasteiger partial charge in [-0.1, -0.05) is 29.8 Å². The Bertz CT molecular complexity index is 667. The summed E-state index contributed by atoms with van der Waals surface area (Å²) < 4.78 is 0. The molecule has 0 bridgehead atoms. The highest BCUT2D eigenvalue weighted by Gasteiger charge is 2.16. The maximum Gasteiger partial charge on any atom is 0.224 e. The minimum absolute atomic E-state index is 0.0604. The van der Waals surface area contributed by atoms with Crippen molar-refractivity contribution in [1.29, 1.82) is 0 Å². The predicted octanol–water partition coefficient (Wildman–Crippen LogP) is 3.88. The summed E-state index contributed by atoms with van der Waals surface area (Å²) in [6, 6.07) is 17.8. The fraction of sp³-hybridized carbons (Fsp3) is 0.350. The quantitative estimate of drug-likeness (QED) is 0.852. The summed E-state index contributed by atoms with van der Waals surface area (Å²) in [4.78, 5) is 16.9. The molecule has 5 heteroatoms. The zero-order chi connectivity index (χ0) is 17.5. The number of nitrogens with zero attached hydrogens (tertiary/aromatic N) is 2. The molecule has 0 atom stereocenters. The van der Waals surface area contributed by atoms with Gasteiger partial charge in [0.05, 0.1) is 0 Å². The van der Waals surface area contributed by atoms with Crippen molar-refractivity contribution in [1.82, 2.24) is 4.90 Å². The Hall–Kier alpha value is -2.04. The van der Waals surface area contributed by atoms with E-state index in [9.17, 15) is 4.79 Å². The Morgan fingerprint density at radius 1 is 0.960 bits per heavy atom. The summed E-state index contributed by atoms with van der Waals surface area (Å²) in [6.07, 6.45) is 1.42. The van der Waals surface area contributed by atoms with Gasteiger partial charge in [-0.05, 0) is 49.4 Å². The van der Waals surface area contributed by atoms with Gasteiger partial charge in [0.15, 0.2) is 0 Å². The van der Waals surface area contributed by atoms with Crippen molar-refractivity contribution in [2.75, 3.05) is 42.9 Å². The number of hydrogen-bond donors (Lipinski definition) is 1. The number of halogens is 1. The first-order valence-electron chi connectivity index (χ1n) is 8.78. The van der Waals surface area contributed by atoms with Crippen LogP contribution in [0, 0.1) is 0 Å². The monoisotopic (exact) mass is 357 g/mol. The van der Waals surface area contributed by atoms with Gasteiger partial charge >= 0.3 is 0 Å². The molecule has 1 fully saturated rings. The van der Waals surface area contributed by atoms with Crippen LogP contribution in [0.3, 0.4) is 0 Å². The molecule has 2 aromatic rings. The van der Waals surface area contributed by atoms with Crippen LogP contribution in [-0.2, 0) is 4.79 Å². The minimum atomic E-state index is 0.0604. The maximum absolute atomic E-state index is 12.0. The van der Waals surface area contributed by atoms with Gasteiger partial charge in [0.25, 0.3) is 0 Å². The number of nitrogens with one attached hydrogen (secondary N) is 1. The van der Waals surface area contributed by atoms with E-state index in [1.807, 2.05) is 12.1 Å². The smallest absolute Gasteiger partial charge is 0.224 e. The lowest BCUT2D eigenvalue weighted by Gasteiger charge is -2.36. The van der Waals surface area contributed by atoms with Crippen LogP contribution >= 0.6 is 11.6 Å². The number of anilines is 2. The number of carbonyl (C=O) groups is 1. The molecular weight excluding hydrogens is 334 g/mol. The average molecular weight is 358 g/mol. The summed E-state index contributed by atoms with van der Waals surface area (Å²) in [5, 5.41) is 3.58. The van der Waals surface area contributed by atoms with Crippen LogP contribution in [0.1, 0.15) is 12.8 Å². The van der Waals surface area contributed by atoms with Gasteiger partial charge in [0, 0.05) is 49.0 Å². The van der Waals surface area contributed by atoms with Crippen LogP contribution in [0.15, 0.2) is 54.6 Å². The van der Waals surface area contributed by atoms with Gasteiger partial charge in [-0.25, -0.2) is 0 Å². The molecule has 25 heavy (non-hydrogen) atoms. The van der Waals surface area contributed by atoms with E-state index >= 15 is 0 Å². The average Bonchev–Trinajstić information content (AvgIpc) is 2.65. The van der Waals surface area contributed by atoms with Gasteiger partial charge in [0.2, 0.25) is 5.91 Å². The van der Waals surface area contributed by atoms with Crippen LogP contribution < -0.4 is 10.2 Å². The van der Waals surface area contributed by atoms with Crippen molar-refractivity contribution in [3.8, 4) is 0 Å². The standard InChI is InChI=1S/C20H24ClN3O/c21-17-8-10-18(11-9-17)22-20(25)7-4-12-23-13-15-24(16-14-23)19-5-2-1-3-6-19/h1-3,5-6,8-11H,4,7,12-16H2,(H,22,25). The highest BCUT2D eigenvalue weighted by Crippen LogP contribution is 2.16. The molecule has 0 spiro atoms. The zero-order valence-corrected chi connectivity index (χ0v) is 15.1. The SMILES string of the molecule is O=C(CCCN1CCN(c2ccccc2)CC1)Nc1ccc(Cl)cc1. The van der Waals surface area contributed by atoms with Crippen LogP contribution in [0.5, 0.6) is 0 Å². The lowest BCUT2D eigenvalue weighted by molar-refractivity contribution is -0.116. The van der Waals surface area contributed by atoms with E-state index in [2.05, 4.69) is 45.4 Å². The largest absolute Gasteiger partial charge is 0.369 e. The molecule has 2 aromatic carbocycles. The van der Waals surface area contributed by atoms with Gasteiger partial charge in [-0.15, -0.1) is 0 Å². The molecule has 1 heterocycles. The summed E-state index contributed by atoms with van der Waals surface area (Å²) in [6.45, 7) is 5.15. The molecule has 1 amide bonds. The Morgan fingerprint density at radius 2 is 1.64 bits per heavy atom. The number of hydrogen-bond acceptors (Lipinski definition) is 3. The minimum Gasteiger partial charge on any atom is -0.369 e. The van der Waals surface area contributed by atoms with E-state index in [-0.39, 0.29) is 5.91 Å². The molecule has 0 saturated carbocycles. The number of piperazine rings is 1. The van der Waals surface area contributed by atoms with Crippen molar-refractivity contribution in [2.45, 2.75) is 12.8 Å². The third-order valence-electron chi connectivity index (χ3n) is 4.50. The van der Waals surface area contributed by atoms with E-state index in [0.29, 0.717) is 11.4 Å². The molecule has 4 nitrogen and oxygen atoms in total. The molecule has 1 aliphatic heterocycles. The number of benzene rings is 2. The first kappa shape index (κ1) is 17.8. The van der Waals surface area contributed by atoms with E-state index in [1.165, 1.54) is 5.69 Å². The van der Waals surface area contributed by atoms with E-state index < -0.39 is 0 Å². The number of rotatable bonds is 6. The molecule has 132 valence electrons. The summed E-state index contributed by atoms with van der Waals surface area (Å²) in [5.74, 6) is 0.0604. The van der Waals surface area contributed by atoms with Crippen LogP contribution in [0.25, 0.3) is 0 Å². The normalized spacial score (nSPS) is 15.2. The molecule has 1 N–H and O–H groups in total. The molecular formula is C20H24ClN3O. The summed E-state index contributed by atoms with van der Waals surface area (Å²) in [5.41, 5.74) is 2.09. The molecule has 3 rings (SSSR count). The van der Waals surface area contributed by atoms with Crippen molar-refractivity contribution in [3.05, 3.63) is 59.6 Å². The third kappa shape index (κ3) is 5.48. The van der Waals surface area contributed by atoms with Crippen LogP contribution in [-0.4, -0.2) is 43.5 Å².